The van der Waals surface area contributed by atoms with E-state index in [1.54, 1.807) is 0 Å². The van der Waals surface area contributed by atoms with Crippen molar-refractivity contribution in [2.45, 2.75) is 60.8 Å². The van der Waals surface area contributed by atoms with Crippen LogP contribution in [0.5, 0.6) is 5.88 Å². The summed E-state index contributed by atoms with van der Waals surface area (Å²) in [6.45, 7) is 12.2. The molecule has 0 saturated heterocycles. The third-order valence-electron chi connectivity index (χ3n) is 5.00. The first-order valence-corrected chi connectivity index (χ1v) is 10.4. The molecule has 0 amide bonds. The van der Waals surface area contributed by atoms with Crippen LogP contribution < -0.4 is 4.74 Å². The molecule has 0 aliphatic carbocycles. The zero-order chi connectivity index (χ0) is 21.7. The Balaban J connectivity index is 2.34. The second kappa shape index (κ2) is 9.92. The summed E-state index contributed by atoms with van der Waals surface area (Å²) in [5.41, 5.74) is 3.90. The van der Waals surface area contributed by atoms with E-state index in [9.17, 15) is 9.90 Å². The van der Waals surface area contributed by atoms with Crippen molar-refractivity contribution >= 4 is 28.6 Å². The highest BCUT2D eigenvalue weighted by atomic mass is 35.5. The number of fused-ring (bicyclic) bond motifs is 1. The standard InChI is InChI=1S/C22H30ClN3O3/c1-7-16-19(23)18-20(24-16)25-17(26-21(18)29-8-2)11-13(5)9-10-15(22(27)28)14(6)12(3)4/h9,12H,7-8,10-11H2,1-6H3,(H,27,28)(H,24,25,26). The maximum absolute atomic E-state index is 11.6. The van der Waals surface area contributed by atoms with E-state index in [1.165, 1.54) is 0 Å². The highest BCUT2D eigenvalue weighted by Gasteiger charge is 2.18. The predicted octanol–water partition coefficient (Wildman–Crippen LogP) is 5.51. The first-order chi connectivity index (χ1) is 13.7. The molecule has 29 heavy (non-hydrogen) atoms. The number of H-pyrrole nitrogens is 1. The van der Waals surface area contributed by atoms with Gasteiger partial charge >= 0.3 is 5.97 Å². The molecule has 0 bridgehead atoms. The largest absolute Gasteiger partial charge is 0.478 e. The molecule has 0 fully saturated rings. The number of rotatable bonds is 9. The lowest BCUT2D eigenvalue weighted by Crippen LogP contribution is -2.06. The Bertz CT molecular complexity index is 958. The zero-order valence-corrected chi connectivity index (χ0v) is 18.8. The minimum Gasteiger partial charge on any atom is -0.478 e. The Kier molecular flexibility index (Phi) is 7.85. The third kappa shape index (κ3) is 5.38. The molecule has 0 aliphatic rings. The fourth-order valence-electron chi connectivity index (χ4n) is 3.05. The van der Waals surface area contributed by atoms with E-state index in [4.69, 9.17) is 16.3 Å². The number of hydrogen-bond acceptors (Lipinski definition) is 4. The van der Waals surface area contributed by atoms with E-state index in [0.29, 0.717) is 52.8 Å². The van der Waals surface area contributed by atoms with Crippen LogP contribution in [0.3, 0.4) is 0 Å². The second-order valence-corrected chi connectivity index (χ2v) is 7.80. The average Bonchev–Trinajstić information content (AvgIpc) is 2.97. The Morgan fingerprint density at radius 1 is 1.28 bits per heavy atom. The first kappa shape index (κ1) is 22.9. The van der Waals surface area contributed by atoms with Crippen molar-refractivity contribution in [1.29, 1.82) is 0 Å². The maximum atomic E-state index is 11.6. The van der Waals surface area contributed by atoms with E-state index >= 15 is 0 Å². The number of hydrogen-bond donors (Lipinski definition) is 2. The number of aromatic amines is 1. The number of aromatic nitrogens is 3. The van der Waals surface area contributed by atoms with Gasteiger partial charge in [-0.15, -0.1) is 0 Å². The Labute approximate surface area is 177 Å². The van der Waals surface area contributed by atoms with Gasteiger partial charge in [0.05, 0.1) is 17.0 Å². The number of halogens is 1. The molecule has 0 saturated carbocycles. The normalized spacial score (nSPS) is 13.2. The number of ether oxygens (including phenoxy) is 1. The van der Waals surface area contributed by atoms with Crippen LogP contribution in [0, 0.1) is 5.92 Å². The molecule has 2 N–H and O–H groups in total. The van der Waals surface area contributed by atoms with Gasteiger partial charge in [0.25, 0.3) is 0 Å². The van der Waals surface area contributed by atoms with E-state index in [2.05, 4.69) is 15.0 Å². The fraction of sp³-hybridized carbons (Fsp3) is 0.500. The van der Waals surface area contributed by atoms with Gasteiger partial charge in [-0.2, -0.15) is 4.98 Å². The molecular weight excluding hydrogens is 390 g/mol. The smallest absolute Gasteiger partial charge is 0.331 e. The summed E-state index contributed by atoms with van der Waals surface area (Å²) < 4.78 is 5.71. The summed E-state index contributed by atoms with van der Waals surface area (Å²) in [5, 5.41) is 10.8. The van der Waals surface area contributed by atoms with Gasteiger partial charge in [0.15, 0.2) is 0 Å². The van der Waals surface area contributed by atoms with Crippen LogP contribution >= 0.6 is 11.6 Å². The molecular formula is C22H30ClN3O3. The van der Waals surface area contributed by atoms with Crippen LogP contribution in [-0.4, -0.2) is 32.6 Å². The van der Waals surface area contributed by atoms with Gasteiger partial charge < -0.3 is 14.8 Å². The number of nitrogens with zero attached hydrogens (tertiary/aromatic N) is 2. The first-order valence-electron chi connectivity index (χ1n) is 9.97. The number of nitrogens with one attached hydrogen (secondary N) is 1. The van der Waals surface area contributed by atoms with E-state index in [-0.39, 0.29) is 5.92 Å². The maximum Gasteiger partial charge on any atom is 0.331 e. The molecule has 2 rings (SSSR count). The Morgan fingerprint density at radius 2 is 1.97 bits per heavy atom. The van der Waals surface area contributed by atoms with Crippen molar-refractivity contribution in [3.63, 3.8) is 0 Å². The molecule has 0 unspecified atom stereocenters. The van der Waals surface area contributed by atoms with Gasteiger partial charge in [-0.25, -0.2) is 9.78 Å². The highest BCUT2D eigenvalue weighted by Crippen LogP contribution is 2.33. The second-order valence-electron chi connectivity index (χ2n) is 7.43. The van der Waals surface area contributed by atoms with Crippen LogP contribution in [0.1, 0.15) is 59.5 Å². The number of carboxylic acids is 1. The summed E-state index contributed by atoms with van der Waals surface area (Å²) in [4.78, 5) is 24.0. The minimum atomic E-state index is -0.871. The van der Waals surface area contributed by atoms with Crippen LogP contribution in [0.15, 0.2) is 22.8 Å². The topological polar surface area (TPSA) is 88.1 Å². The van der Waals surface area contributed by atoms with Gasteiger partial charge in [0.1, 0.15) is 11.5 Å². The van der Waals surface area contributed by atoms with Gasteiger partial charge in [0, 0.05) is 17.7 Å². The molecule has 2 heterocycles. The summed E-state index contributed by atoms with van der Waals surface area (Å²) in [6.07, 6.45) is 3.57. The molecule has 0 spiro atoms. The van der Waals surface area contributed by atoms with Crippen LogP contribution in [0.2, 0.25) is 5.02 Å². The van der Waals surface area contributed by atoms with Crippen molar-refractivity contribution < 1.29 is 14.6 Å². The molecule has 2 aromatic rings. The number of allylic oxidation sites excluding steroid dienone is 3. The summed E-state index contributed by atoms with van der Waals surface area (Å²) in [7, 11) is 0. The molecule has 0 aliphatic heterocycles. The number of aliphatic carboxylic acids is 1. The summed E-state index contributed by atoms with van der Waals surface area (Å²) >= 11 is 6.46. The molecule has 2 aromatic heterocycles. The lowest BCUT2D eigenvalue weighted by molar-refractivity contribution is -0.132. The summed E-state index contributed by atoms with van der Waals surface area (Å²) in [6, 6.07) is 0. The quantitative estimate of drug-likeness (QED) is 0.413. The van der Waals surface area contributed by atoms with E-state index < -0.39 is 5.97 Å². The lowest BCUT2D eigenvalue weighted by Gasteiger charge is -2.11. The molecule has 0 radical (unpaired) electrons. The average molecular weight is 420 g/mol. The van der Waals surface area contributed by atoms with E-state index in [1.807, 2.05) is 47.6 Å². The number of carboxylic acid groups (broad SMARTS) is 1. The zero-order valence-electron chi connectivity index (χ0n) is 18.0. The number of carbonyl (C=O) groups is 1. The molecule has 0 aromatic carbocycles. The number of aryl methyl sites for hydroxylation is 1. The summed E-state index contributed by atoms with van der Waals surface area (Å²) in [5.74, 6) is 0.407. The highest BCUT2D eigenvalue weighted by molar-refractivity contribution is 6.36. The molecule has 0 atom stereocenters. The van der Waals surface area contributed by atoms with Crippen LogP contribution in [-0.2, 0) is 17.6 Å². The van der Waals surface area contributed by atoms with Crippen molar-refractivity contribution in [2.75, 3.05) is 6.61 Å². The van der Waals surface area contributed by atoms with Crippen molar-refractivity contribution in [2.24, 2.45) is 5.92 Å². The molecule has 6 nitrogen and oxygen atoms in total. The molecule has 7 heteroatoms. The van der Waals surface area contributed by atoms with Crippen molar-refractivity contribution in [3.8, 4) is 5.88 Å². The van der Waals surface area contributed by atoms with Crippen LogP contribution in [0.25, 0.3) is 11.0 Å². The monoisotopic (exact) mass is 419 g/mol. The van der Waals surface area contributed by atoms with Gasteiger partial charge in [0.2, 0.25) is 5.88 Å². The van der Waals surface area contributed by atoms with Gasteiger partial charge in [-0.3, -0.25) is 0 Å². The Morgan fingerprint density at radius 3 is 2.52 bits per heavy atom. The molecule has 158 valence electrons. The lowest BCUT2D eigenvalue weighted by atomic mass is 9.96. The van der Waals surface area contributed by atoms with Crippen molar-refractivity contribution in [3.05, 3.63) is 39.3 Å². The predicted molar refractivity (Wildman–Crippen MR) is 117 cm³/mol. The van der Waals surface area contributed by atoms with Crippen LogP contribution in [0.4, 0.5) is 0 Å². The van der Waals surface area contributed by atoms with Gasteiger partial charge in [-0.1, -0.05) is 49.6 Å². The van der Waals surface area contributed by atoms with Crippen molar-refractivity contribution in [1.82, 2.24) is 15.0 Å². The third-order valence-corrected chi connectivity index (χ3v) is 5.42. The Hall–Kier alpha value is -2.34. The van der Waals surface area contributed by atoms with E-state index in [0.717, 1.165) is 23.3 Å². The minimum absolute atomic E-state index is 0.194. The fourth-order valence-corrected chi connectivity index (χ4v) is 3.40. The van der Waals surface area contributed by atoms with Gasteiger partial charge in [-0.05, 0) is 39.5 Å². The SMILES string of the molecule is CCOc1nc(CC(C)=CCC(C(=O)O)=C(C)C(C)C)nc2[nH]c(CC)c(Cl)c12.